The first kappa shape index (κ1) is 5.67. The fourth-order valence-electron chi connectivity index (χ4n) is 0.986. The third-order valence-corrected chi connectivity index (χ3v) is 1.77. The Morgan fingerprint density at radius 2 is 2.38 bits per heavy atom. The van der Waals surface area contributed by atoms with E-state index in [1.807, 2.05) is 0 Å². The van der Waals surface area contributed by atoms with E-state index in [-0.39, 0.29) is 0 Å². The summed E-state index contributed by atoms with van der Waals surface area (Å²) in [5.74, 6) is 1.92. The van der Waals surface area contributed by atoms with Crippen LogP contribution in [-0.4, -0.2) is 5.11 Å². The van der Waals surface area contributed by atoms with Gasteiger partial charge in [-0.15, -0.1) is 0 Å². The molecule has 1 N–H and O–H groups in total. The number of hydrogen-bond donors (Lipinski definition) is 1. The predicted octanol–water partition coefficient (Wildman–Crippen LogP) is 2.10. The van der Waals surface area contributed by atoms with Crippen LogP contribution >= 0.6 is 0 Å². The first-order chi connectivity index (χ1) is 3.70. The zero-order chi connectivity index (χ0) is 6.15. The van der Waals surface area contributed by atoms with Crippen LogP contribution in [-0.2, 0) is 0 Å². The van der Waals surface area contributed by atoms with Crippen molar-refractivity contribution in [1.82, 2.24) is 0 Å². The van der Waals surface area contributed by atoms with Crippen molar-refractivity contribution in [2.75, 3.05) is 0 Å². The summed E-state index contributed by atoms with van der Waals surface area (Å²) in [5.41, 5.74) is 0. The van der Waals surface area contributed by atoms with Gasteiger partial charge in [-0.1, -0.05) is 13.5 Å². The van der Waals surface area contributed by atoms with Crippen molar-refractivity contribution in [1.29, 1.82) is 0 Å². The summed E-state index contributed by atoms with van der Waals surface area (Å²) < 4.78 is 0. The molecule has 0 bridgehead atoms. The Morgan fingerprint density at radius 1 is 1.88 bits per heavy atom. The van der Waals surface area contributed by atoms with Gasteiger partial charge in [0.2, 0.25) is 0 Å². The van der Waals surface area contributed by atoms with Gasteiger partial charge in [0.15, 0.2) is 0 Å². The summed E-state index contributed by atoms with van der Waals surface area (Å²) in [7, 11) is 0. The molecule has 0 saturated heterocycles. The van der Waals surface area contributed by atoms with E-state index in [0.717, 1.165) is 18.3 Å². The maximum absolute atomic E-state index is 8.69. The predicted molar refractivity (Wildman–Crippen MR) is 33.7 cm³/mol. The van der Waals surface area contributed by atoms with Gasteiger partial charge in [0.05, 0.1) is 5.76 Å². The second-order valence-electron chi connectivity index (χ2n) is 2.74. The molecule has 8 heavy (non-hydrogen) atoms. The Kier molecular flexibility index (Phi) is 1.28. The minimum absolute atomic E-state index is 0.347. The molecule has 1 aliphatic rings. The van der Waals surface area contributed by atoms with Gasteiger partial charge < -0.3 is 5.11 Å². The minimum Gasteiger partial charge on any atom is -0.513 e. The molecule has 1 saturated carbocycles. The van der Waals surface area contributed by atoms with Crippen LogP contribution in [0.25, 0.3) is 0 Å². The molecule has 46 valence electrons. The molecule has 2 atom stereocenters. The zero-order valence-electron chi connectivity index (χ0n) is 5.22. The number of aliphatic hydroxyl groups excluding tert-OH is 1. The quantitative estimate of drug-likeness (QED) is 0.542. The molecule has 0 amide bonds. The van der Waals surface area contributed by atoms with Crippen LogP contribution < -0.4 is 0 Å². The highest BCUT2D eigenvalue weighted by Crippen LogP contribution is 2.41. The molecule has 0 radical (unpaired) electrons. The van der Waals surface area contributed by atoms with Gasteiger partial charge in [-0.25, -0.2) is 0 Å². The highest BCUT2D eigenvalue weighted by molar-refractivity contribution is 4.92. The lowest BCUT2D eigenvalue weighted by atomic mass is 10.2. The third-order valence-electron chi connectivity index (χ3n) is 1.77. The van der Waals surface area contributed by atoms with Crippen LogP contribution in [0.3, 0.4) is 0 Å². The second kappa shape index (κ2) is 1.81. The smallest absolute Gasteiger partial charge is 0.0853 e. The molecule has 1 heteroatoms. The topological polar surface area (TPSA) is 20.2 Å². The molecule has 0 spiro atoms. The Bertz CT molecular complexity index is 107. The lowest BCUT2D eigenvalue weighted by molar-refractivity contribution is 0.379. The van der Waals surface area contributed by atoms with Crippen LogP contribution in [0.5, 0.6) is 0 Å². The molecule has 1 nitrogen and oxygen atoms in total. The molecular weight excluding hydrogens is 100 g/mol. The van der Waals surface area contributed by atoms with Crippen LogP contribution in [0, 0.1) is 11.8 Å². The lowest BCUT2D eigenvalue weighted by Gasteiger charge is -1.91. The van der Waals surface area contributed by atoms with Crippen molar-refractivity contribution in [3.05, 3.63) is 12.3 Å². The van der Waals surface area contributed by atoms with E-state index < -0.39 is 0 Å². The normalized spacial score (nSPS) is 34.6. The van der Waals surface area contributed by atoms with E-state index in [4.69, 9.17) is 5.11 Å². The number of aliphatic hydroxyl groups is 1. The van der Waals surface area contributed by atoms with E-state index in [1.54, 1.807) is 0 Å². The van der Waals surface area contributed by atoms with Gasteiger partial charge in [-0.3, -0.25) is 0 Å². The van der Waals surface area contributed by atoms with E-state index in [2.05, 4.69) is 13.5 Å². The molecule has 0 aromatic heterocycles. The highest BCUT2D eigenvalue weighted by Gasteiger charge is 2.32. The number of rotatable bonds is 2. The van der Waals surface area contributed by atoms with Gasteiger partial charge in [0.1, 0.15) is 0 Å². The second-order valence-corrected chi connectivity index (χ2v) is 2.74. The minimum atomic E-state index is 0.347. The molecule has 0 aliphatic heterocycles. The summed E-state index contributed by atoms with van der Waals surface area (Å²) in [6.07, 6.45) is 2.10. The average molecular weight is 112 g/mol. The number of hydrogen-bond acceptors (Lipinski definition) is 1. The Hall–Kier alpha value is -0.460. The summed E-state index contributed by atoms with van der Waals surface area (Å²) in [5, 5.41) is 8.69. The van der Waals surface area contributed by atoms with Gasteiger partial charge in [-0.05, 0) is 18.3 Å². The molecule has 1 aliphatic carbocycles. The largest absolute Gasteiger partial charge is 0.513 e. The molecule has 0 aromatic rings. The maximum atomic E-state index is 8.69. The molecule has 0 aromatic carbocycles. The van der Waals surface area contributed by atoms with Crippen molar-refractivity contribution in [3.8, 4) is 0 Å². The van der Waals surface area contributed by atoms with Gasteiger partial charge in [0.25, 0.3) is 0 Å². The average Bonchev–Trinajstić information content (AvgIpc) is 2.17. The molecular formula is C7H12O. The maximum Gasteiger partial charge on any atom is 0.0853 e. The highest BCUT2D eigenvalue weighted by atomic mass is 16.3. The third kappa shape index (κ3) is 1.25. The Balaban J connectivity index is 2.14. The zero-order valence-corrected chi connectivity index (χ0v) is 5.22. The van der Waals surface area contributed by atoms with Crippen LogP contribution in [0.15, 0.2) is 12.3 Å². The number of allylic oxidation sites excluding steroid dienone is 1. The fraction of sp³-hybridized carbons (Fsp3) is 0.714. The van der Waals surface area contributed by atoms with Crippen molar-refractivity contribution in [2.24, 2.45) is 11.8 Å². The SMILES string of the molecule is C=C(O)CC1CC1C. The van der Waals surface area contributed by atoms with Crippen molar-refractivity contribution < 1.29 is 5.11 Å². The Morgan fingerprint density at radius 3 is 2.50 bits per heavy atom. The van der Waals surface area contributed by atoms with Crippen LogP contribution in [0.2, 0.25) is 0 Å². The van der Waals surface area contributed by atoms with E-state index in [1.165, 1.54) is 6.42 Å². The molecule has 1 rings (SSSR count). The summed E-state index contributed by atoms with van der Waals surface area (Å²) in [6, 6.07) is 0. The van der Waals surface area contributed by atoms with E-state index >= 15 is 0 Å². The summed E-state index contributed by atoms with van der Waals surface area (Å²) in [4.78, 5) is 0. The monoisotopic (exact) mass is 112 g/mol. The summed E-state index contributed by atoms with van der Waals surface area (Å²) >= 11 is 0. The van der Waals surface area contributed by atoms with Gasteiger partial charge in [-0.2, -0.15) is 0 Å². The standard InChI is InChI=1S/C7H12O/c1-5-3-7(5)4-6(2)8/h5,7-8H,2-4H2,1H3. The first-order valence-corrected chi connectivity index (χ1v) is 3.07. The van der Waals surface area contributed by atoms with Crippen molar-refractivity contribution >= 4 is 0 Å². The van der Waals surface area contributed by atoms with Crippen LogP contribution in [0.1, 0.15) is 19.8 Å². The van der Waals surface area contributed by atoms with Crippen LogP contribution in [0.4, 0.5) is 0 Å². The van der Waals surface area contributed by atoms with Gasteiger partial charge in [0, 0.05) is 6.42 Å². The summed E-state index contributed by atoms with van der Waals surface area (Å²) in [6.45, 7) is 5.63. The Labute approximate surface area is 50.0 Å². The lowest BCUT2D eigenvalue weighted by Crippen LogP contribution is -1.81. The van der Waals surface area contributed by atoms with E-state index in [0.29, 0.717) is 5.76 Å². The molecule has 0 heterocycles. The first-order valence-electron chi connectivity index (χ1n) is 3.07. The van der Waals surface area contributed by atoms with Crippen molar-refractivity contribution in [2.45, 2.75) is 19.8 Å². The molecule has 2 unspecified atom stereocenters. The fourth-order valence-corrected chi connectivity index (χ4v) is 0.986. The van der Waals surface area contributed by atoms with E-state index in [9.17, 15) is 0 Å². The van der Waals surface area contributed by atoms with Crippen molar-refractivity contribution in [3.63, 3.8) is 0 Å². The molecule has 1 fully saturated rings. The van der Waals surface area contributed by atoms with Gasteiger partial charge >= 0.3 is 0 Å².